The van der Waals surface area contributed by atoms with Gasteiger partial charge >= 0.3 is 0 Å². The predicted octanol–water partition coefficient (Wildman–Crippen LogP) is 2.09. The Morgan fingerprint density at radius 1 is 1.20 bits per heavy atom. The summed E-state index contributed by atoms with van der Waals surface area (Å²) in [5, 5.41) is 3.34. The molecule has 140 valence electrons. The number of hydrogen-bond donors (Lipinski definition) is 1. The van der Waals surface area contributed by atoms with Crippen LogP contribution in [0.5, 0.6) is 0 Å². The minimum absolute atomic E-state index is 0.110. The summed E-state index contributed by atoms with van der Waals surface area (Å²) in [5.41, 5.74) is 1.07. The van der Waals surface area contributed by atoms with Gasteiger partial charge in [-0.25, -0.2) is 8.42 Å². The number of rotatable bonds is 7. The van der Waals surface area contributed by atoms with Gasteiger partial charge in [0.15, 0.2) is 0 Å². The van der Waals surface area contributed by atoms with Crippen molar-refractivity contribution in [3.05, 3.63) is 29.8 Å². The zero-order chi connectivity index (χ0) is 17.7. The maximum atomic E-state index is 13.4. The maximum absolute atomic E-state index is 13.4. The molecule has 3 rings (SSSR count). The van der Waals surface area contributed by atoms with Crippen LogP contribution in [0.1, 0.15) is 38.2 Å². The van der Waals surface area contributed by atoms with Crippen LogP contribution < -0.4 is 5.32 Å². The lowest BCUT2D eigenvalue weighted by atomic mass is 10.1. The van der Waals surface area contributed by atoms with E-state index in [1.165, 1.54) is 12.8 Å². The van der Waals surface area contributed by atoms with E-state index in [1.54, 1.807) is 10.4 Å². The van der Waals surface area contributed by atoms with Crippen LogP contribution >= 0.6 is 0 Å². The van der Waals surface area contributed by atoms with Crippen molar-refractivity contribution >= 4 is 10.0 Å². The van der Waals surface area contributed by atoms with Crippen LogP contribution in [0.4, 0.5) is 0 Å². The standard InChI is InChI=1S/C19H31N3O2S/c1-2-17-6-5-7-19(16-17)25(23,24)22(18-8-10-20-11-9-18)15-14-21-12-3-4-13-21/h5-7,16,18,20H,2-4,8-15H2,1H3. The zero-order valence-corrected chi connectivity index (χ0v) is 16.1. The molecule has 6 heteroatoms. The average Bonchev–Trinajstić information content (AvgIpc) is 3.16. The Labute approximate surface area is 152 Å². The van der Waals surface area contributed by atoms with Gasteiger partial charge in [-0.3, -0.25) is 0 Å². The van der Waals surface area contributed by atoms with Gasteiger partial charge in [-0.2, -0.15) is 4.31 Å². The van der Waals surface area contributed by atoms with Crippen LogP contribution in [0.25, 0.3) is 0 Å². The molecule has 2 aliphatic heterocycles. The monoisotopic (exact) mass is 365 g/mol. The molecule has 0 unspecified atom stereocenters. The molecule has 1 N–H and O–H groups in total. The van der Waals surface area contributed by atoms with E-state index in [0.717, 1.165) is 57.5 Å². The van der Waals surface area contributed by atoms with E-state index in [9.17, 15) is 8.42 Å². The van der Waals surface area contributed by atoms with Gasteiger partial charge < -0.3 is 10.2 Å². The van der Waals surface area contributed by atoms with Crippen LogP contribution in [0.3, 0.4) is 0 Å². The highest BCUT2D eigenvalue weighted by molar-refractivity contribution is 7.89. The van der Waals surface area contributed by atoms with Gasteiger partial charge in [0, 0.05) is 19.1 Å². The summed E-state index contributed by atoms with van der Waals surface area (Å²) < 4.78 is 28.6. The van der Waals surface area contributed by atoms with Crippen LogP contribution in [-0.2, 0) is 16.4 Å². The van der Waals surface area contributed by atoms with Gasteiger partial charge in [-0.05, 0) is 76.0 Å². The summed E-state index contributed by atoms with van der Waals surface area (Å²) in [6.45, 7) is 7.51. The Bertz CT molecular complexity index is 650. The molecule has 2 fully saturated rings. The molecule has 0 amide bonds. The molecular weight excluding hydrogens is 334 g/mol. The van der Waals surface area contributed by atoms with Crippen molar-refractivity contribution in [3.63, 3.8) is 0 Å². The van der Waals surface area contributed by atoms with E-state index in [1.807, 2.05) is 18.2 Å². The van der Waals surface area contributed by atoms with Gasteiger partial charge in [0.25, 0.3) is 0 Å². The minimum atomic E-state index is -3.45. The first-order valence-electron chi connectivity index (χ1n) is 9.65. The van der Waals surface area contributed by atoms with Crippen molar-refractivity contribution in [2.24, 2.45) is 0 Å². The lowest BCUT2D eigenvalue weighted by molar-refractivity contribution is 0.228. The van der Waals surface area contributed by atoms with Crippen molar-refractivity contribution in [2.45, 2.75) is 50.0 Å². The Morgan fingerprint density at radius 3 is 2.60 bits per heavy atom. The molecule has 1 aromatic carbocycles. The number of nitrogens with one attached hydrogen (secondary N) is 1. The molecule has 1 aromatic rings. The first kappa shape index (κ1) is 18.8. The van der Waals surface area contributed by atoms with Crippen molar-refractivity contribution in [2.75, 3.05) is 39.3 Å². The second-order valence-corrected chi connectivity index (χ2v) is 9.04. The lowest BCUT2D eigenvalue weighted by Gasteiger charge is -2.34. The Balaban J connectivity index is 1.82. The lowest BCUT2D eigenvalue weighted by Crippen LogP contribution is -2.48. The molecule has 0 bridgehead atoms. The van der Waals surface area contributed by atoms with Crippen LogP contribution in [0.2, 0.25) is 0 Å². The van der Waals surface area contributed by atoms with Crippen LogP contribution in [0, 0.1) is 0 Å². The maximum Gasteiger partial charge on any atom is 0.243 e. The zero-order valence-electron chi connectivity index (χ0n) is 15.3. The van der Waals surface area contributed by atoms with E-state index >= 15 is 0 Å². The van der Waals surface area contributed by atoms with E-state index in [2.05, 4.69) is 17.1 Å². The molecule has 0 aromatic heterocycles. The van der Waals surface area contributed by atoms with Gasteiger partial charge in [-0.15, -0.1) is 0 Å². The summed E-state index contributed by atoms with van der Waals surface area (Å²) in [6.07, 6.45) is 5.11. The summed E-state index contributed by atoms with van der Waals surface area (Å²) in [7, 11) is -3.45. The molecule has 25 heavy (non-hydrogen) atoms. The van der Waals surface area contributed by atoms with Crippen LogP contribution in [-0.4, -0.2) is 62.9 Å². The number of hydrogen-bond acceptors (Lipinski definition) is 4. The molecule has 5 nitrogen and oxygen atoms in total. The van der Waals surface area contributed by atoms with E-state index in [-0.39, 0.29) is 6.04 Å². The Kier molecular flexibility index (Phi) is 6.49. The highest BCUT2D eigenvalue weighted by Gasteiger charge is 2.32. The molecular formula is C19H31N3O2S. The normalized spacial score (nSPS) is 20.4. The Hall–Kier alpha value is -0.950. The first-order valence-corrected chi connectivity index (χ1v) is 11.1. The van der Waals surface area contributed by atoms with Gasteiger partial charge in [0.05, 0.1) is 4.90 Å². The largest absolute Gasteiger partial charge is 0.317 e. The third-order valence-corrected chi connectivity index (χ3v) is 7.41. The predicted molar refractivity (Wildman–Crippen MR) is 101 cm³/mol. The van der Waals surface area contributed by atoms with Crippen molar-refractivity contribution < 1.29 is 8.42 Å². The summed E-state index contributed by atoms with van der Waals surface area (Å²) in [6, 6.07) is 7.57. The highest BCUT2D eigenvalue weighted by atomic mass is 32.2. The molecule has 0 aliphatic carbocycles. The second kappa shape index (κ2) is 8.62. The summed E-state index contributed by atoms with van der Waals surface area (Å²) in [4.78, 5) is 2.85. The second-order valence-electron chi connectivity index (χ2n) is 7.15. The third kappa shape index (κ3) is 4.61. The molecule has 0 spiro atoms. The van der Waals surface area contributed by atoms with Crippen molar-refractivity contribution in [1.82, 2.24) is 14.5 Å². The van der Waals surface area contributed by atoms with Gasteiger partial charge in [-0.1, -0.05) is 19.1 Å². The highest BCUT2D eigenvalue weighted by Crippen LogP contribution is 2.24. The van der Waals surface area contributed by atoms with E-state index in [4.69, 9.17) is 0 Å². The fourth-order valence-corrected chi connectivity index (χ4v) is 5.65. The van der Waals surface area contributed by atoms with E-state index in [0.29, 0.717) is 11.4 Å². The van der Waals surface area contributed by atoms with Crippen molar-refractivity contribution in [1.29, 1.82) is 0 Å². The fraction of sp³-hybridized carbons (Fsp3) is 0.684. The number of piperidine rings is 1. The summed E-state index contributed by atoms with van der Waals surface area (Å²) >= 11 is 0. The van der Waals surface area contributed by atoms with Gasteiger partial charge in [0.2, 0.25) is 10.0 Å². The summed E-state index contributed by atoms with van der Waals surface area (Å²) in [5.74, 6) is 0. The number of aryl methyl sites for hydroxylation is 1. The van der Waals surface area contributed by atoms with E-state index < -0.39 is 10.0 Å². The topological polar surface area (TPSA) is 52.7 Å². The minimum Gasteiger partial charge on any atom is -0.317 e. The van der Waals surface area contributed by atoms with Crippen LogP contribution in [0.15, 0.2) is 29.2 Å². The number of nitrogens with zero attached hydrogens (tertiary/aromatic N) is 2. The molecule has 0 saturated carbocycles. The molecule has 0 radical (unpaired) electrons. The average molecular weight is 366 g/mol. The quantitative estimate of drug-likeness (QED) is 0.804. The number of likely N-dealkylation sites (tertiary alicyclic amines) is 1. The van der Waals surface area contributed by atoms with Gasteiger partial charge in [0.1, 0.15) is 0 Å². The number of sulfonamides is 1. The first-order chi connectivity index (χ1) is 12.1. The smallest absolute Gasteiger partial charge is 0.243 e. The Morgan fingerprint density at radius 2 is 1.92 bits per heavy atom. The number of benzene rings is 1. The third-order valence-electron chi connectivity index (χ3n) is 5.46. The fourth-order valence-electron chi connectivity index (χ4n) is 3.90. The van der Waals surface area contributed by atoms with Crippen molar-refractivity contribution in [3.8, 4) is 0 Å². The molecule has 0 atom stereocenters. The SMILES string of the molecule is CCc1cccc(S(=O)(=O)N(CCN2CCCC2)C2CCNCC2)c1. The molecule has 2 heterocycles. The molecule has 2 aliphatic rings. The molecule has 2 saturated heterocycles.